The second kappa shape index (κ2) is 5.80. The van der Waals surface area contributed by atoms with E-state index in [-0.39, 0.29) is 0 Å². The van der Waals surface area contributed by atoms with Crippen LogP contribution >= 0.6 is 15.9 Å². The monoisotopic (exact) mass is 249 g/mol. The largest absolute Gasteiger partial charge is 0.495 e. The summed E-state index contributed by atoms with van der Waals surface area (Å²) >= 11 is 3.02. The van der Waals surface area contributed by atoms with Crippen molar-refractivity contribution in [3.8, 4) is 5.75 Å². The number of methoxy groups -OCH3 is 1. The molecule has 0 spiro atoms. The van der Waals surface area contributed by atoms with Crippen molar-refractivity contribution in [2.24, 2.45) is 0 Å². The van der Waals surface area contributed by atoms with Gasteiger partial charge in [-0.15, -0.1) is 0 Å². The second-order valence-corrected chi connectivity index (χ2v) is 2.81. The second-order valence-electron chi connectivity index (χ2n) is 2.02. The molecule has 0 heterocycles. The Hall–Kier alpha value is -0.770. The molecule has 1 aromatic rings. The number of hydrogen-bond donors (Lipinski definition) is 1. The average molecular weight is 250 g/mol. The molecule has 0 fully saturated rings. The van der Waals surface area contributed by atoms with Gasteiger partial charge in [-0.2, -0.15) is 0 Å². The van der Waals surface area contributed by atoms with Gasteiger partial charge in [0.05, 0.1) is 11.6 Å². The number of ether oxygens (including phenoxy) is 1. The van der Waals surface area contributed by atoms with Crippen molar-refractivity contribution < 1.29 is 9.13 Å². The summed E-state index contributed by atoms with van der Waals surface area (Å²) in [6.07, 6.45) is 0. The van der Waals surface area contributed by atoms with Gasteiger partial charge in [0, 0.05) is 11.8 Å². The van der Waals surface area contributed by atoms with Gasteiger partial charge in [0.15, 0.2) is 0 Å². The normalized spacial score (nSPS) is 8.69. The zero-order valence-electron chi connectivity index (χ0n) is 7.90. The molecule has 0 atom stereocenters. The summed E-state index contributed by atoms with van der Waals surface area (Å²) in [5.41, 5.74) is 5.71. The lowest BCUT2D eigenvalue weighted by Gasteiger charge is -2.04. The fourth-order valence-electron chi connectivity index (χ4n) is 0.732. The predicted molar refractivity (Wildman–Crippen MR) is 56.4 cm³/mol. The van der Waals surface area contributed by atoms with Gasteiger partial charge in [-0.1, -0.05) is 13.8 Å². The number of benzene rings is 1. The minimum absolute atomic E-state index is 0.300. The van der Waals surface area contributed by atoms with Crippen LogP contribution in [0.1, 0.15) is 13.8 Å². The van der Waals surface area contributed by atoms with Crippen LogP contribution in [-0.4, -0.2) is 7.11 Å². The highest BCUT2D eigenvalue weighted by molar-refractivity contribution is 9.10. The van der Waals surface area contributed by atoms with Crippen LogP contribution in [0.15, 0.2) is 16.6 Å². The third kappa shape index (κ3) is 3.22. The van der Waals surface area contributed by atoms with E-state index < -0.39 is 5.82 Å². The maximum Gasteiger partial charge on any atom is 0.143 e. The first-order valence-electron chi connectivity index (χ1n) is 3.93. The van der Waals surface area contributed by atoms with Crippen LogP contribution in [0.4, 0.5) is 10.1 Å². The Labute approximate surface area is 86.0 Å². The molecule has 0 radical (unpaired) electrons. The van der Waals surface area contributed by atoms with Crippen molar-refractivity contribution in [2.45, 2.75) is 13.8 Å². The maximum absolute atomic E-state index is 12.8. The fraction of sp³-hybridized carbons (Fsp3) is 0.333. The number of halogens is 2. The Balaban J connectivity index is 0.000000671. The van der Waals surface area contributed by atoms with Crippen LogP contribution in [0.5, 0.6) is 5.75 Å². The van der Waals surface area contributed by atoms with Gasteiger partial charge in [-0.25, -0.2) is 4.39 Å². The molecule has 13 heavy (non-hydrogen) atoms. The number of hydrogen-bond acceptors (Lipinski definition) is 2. The molecule has 2 N–H and O–H groups in total. The zero-order chi connectivity index (χ0) is 10.4. The van der Waals surface area contributed by atoms with E-state index in [0.29, 0.717) is 15.9 Å². The first-order valence-corrected chi connectivity index (χ1v) is 4.73. The van der Waals surface area contributed by atoms with Gasteiger partial charge < -0.3 is 10.5 Å². The van der Waals surface area contributed by atoms with Crippen molar-refractivity contribution in [3.05, 3.63) is 22.4 Å². The van der Waals surface area contributed by atoms with Crippen LogP contribution in [0, 0.1) is 5.82 Å². The number of nitrogen functional groups attached to an aromatic ring is 1. The quantitative estimate of drug-likeness (QED) is 0.777. The van der Waals surface area contributed by atoms with Crippen LogP contribution < -0.4 is 10.5 Å². The van der Waals surface area contributed by atoms with E-state index >= 15 is 0 Å². The van der Waals surface area contributed by atoms with Gasteiger partial charge in [0.1, 0.15) is 11.6 Å². The van der Waals surface area contributed by atoms with E-state index in [4.69, 9.17) is 10.5 Å². The minimum Gasteiger partial charge on any atom is -0.495 e. The van der Waals surface area contributed by atoms with E-state index in [0.717, 1.165) is 0 Å². The first kappa shape index (κ1) is 12.2. The van der Waals surface area contributed by atoms with Crippen LogP contribution in [0.3, 0.4) is 0 Å². The van der Waals surface area contributed by atoms with Gasteiger partial charge in [-0.05, 0) is 22.0 Å². The molecule has 0 aliphatic rings. The van der Waals surface area contributed by atoms with E-state index in [2.05, 4.69) is 15.9 Å². The molecule has 2 nitrogen and oxygen atoms in total. The maximum atomic E-state index is 12.8. The van der Waals surface area contributed by atoms with Gasteiger partial charge in [0.2, 0.25) is 0 Å². The summed E-state index contributed by atoms with van der Waals surface area (Å²) in [4.78, 5) is 0. The molecular weight excluding hydrogens is 237 g/mol. The Morgan fingerprint density at radius 1 is 1.38 bits per heavy atom. The highest BCUT2D eigenvalue weighted by atomic mass is 79.9. The third-order valence-electron chi connectivity index (χ3n) is 1.24. The molecule has 0 aliphatic carbocycles. The highest BCUT2D eigenvalue weighted by Gasteiger charge is 2.06. The van der Waals surface area contributed by atoms with E-state index in [1.54, 1.807) is 6.07 Å². The highest BCUT2D eigenvalue weighted by Crippen LogP contribution is 2.29. The molecular formula is C9H13BrFNO. The molecule has 0 unspecified atom stereocenters. The predicted octanol–water partition coefficient (Wildman–Crippen LogP) is 3.21. The minimum atomic E-state index is -0.415. The van der Waals surface area contributed by atoms with Gasteiger partial charge in [0.25, 0.3) is 0 Å². The first-order chi connectivity index (χ1) is 6.15. The Kier molecular flexibility index (Phi) is 5.46. The molecule has 0 saturated heterocycles. The van der Waals surface area contributed by atoms with Crippen LogP contribution in [0.25, 0.3) is 0 Å². The Morgan fingerprint density at radius 2 is 1.92 bits per heavy atom. The zero-order valence-corrected chi connectivity index (χ0v) is 9.48. The molecule has 0 bridgehead atoms. The Morgan fingerprint density at radius 3 is 2.38 bits per heavy atom. The standard InChI is InChI=1S/C7H7BrFNO.C2H6/c1-11-6-3-4(10)2-5(9)7(6)8;1-2/h2-3H,10H2,1H3;1-2H3. The summed E-state index contributed by atoms with van der Waals surface area (Å²) < 4.78 is 18.0. The van der Waals surface area contributed by atoms with Crippen molar-refractivity contribution in [2.75, 3.05) is 12.8 Å². The van der Waals surface area contributed by atoms with Crippen molar-refractivity contribution in [3.63, 3.8) is 0 Å². The smallest absolute Gasteiger partial charge is 0.143 e. The lowest BCUT2D eigenvalue weighted by atomic mass is 10.3. The fourth-order valence-corrected chi connectivity index (χ4v) is 1.12. The van der Waals surface area contributed by atoms with Crippen molar-refractivity contribution in [1.29, 1.82) is 0 Å². The third-order valence-corrected chi connectivity index (χ3v) is 2.01. The molecule has 0 aromatic heterocycles. The number of anilines is 1. The Bertz CT molecular complexity index is 279. The molecule has 4 heteroatoms. The summed E-state index contributed by atoms with van der Waals surface area (Å²) in [5, 5.41) is 0. The summed E-state index contributed by atoms with van der Waals surface area (Å²) in [6.45, 7) is 4.00. The SMILES string of the molecule is CC.COc1cc(N)cc(F)c1Br. The van der Waals surface area contributed by atoms with E-state index in [9.17, 15) is 4.39 Å². The average Bonchev–Trinajstić information content (AvgIpc) is 2.14. The molecule has 74 valence electrons. The van der Waals surface area contributed by atoms with Crippen molar-refractivity contribution in [1.82, 2.24) is 0 Å². The van der Waals surface area contributed by atoms with E-state index in [1.807, 2.05) is 13.8 Å². The lowest BCUT2D eigenvalue weighted by Crippen LogP contribution is -1.91. The van der Waals surface area contributed by atoms with Gasteiger partial charge >= 0.3 is 0 Å². The molecule has 0 saturated carbocycles. The molecule has 1 rings (SSSR count). The summed E-state index contributed by atoms with van der Waals surface area (Å²) in [6, 6.07) is 2.78. The molecule has 0 amide bonds. The van der Waals surface area contributed by atoms with Crippen LogP contribution in [-0.2, 0) is 0 Å². The van der Waals surface area contributed by atoms with Crippen LogP contribution in [0.2, 0.25) is 0 Å². The number of rotatable bonds is 1. The number of nitrogens with two attached hydrogens (primary N) is 1. The van der Waals surface area contributed by atoms with Crippen molar-refractivity contribution >= 4 is 21.6 Å². The lowest BCUT2D eigenvalue weighted by molar-refractivity contribution is 0.408. The summed E-state index contributed by atoms with van der Waals surface area (Å²) in [5.74, 6) is -0.00986. The van der Waals surface area contributed by atoms with Gasteiger partial charge in [-0.3, -0.25) is 0 Å². The topological polar surface area (TPSA) is 35.2 Å². The molecule has 1 aromatic carbocycles. The van der Waals surface area contributed by atoms with E-state index in [1.165, 1.54) is 13.2 Å². The summed E-state index contributed by atoms with van der Waals surface area (Å²) in [7, 11) is 1.46. The molecule has 0 aliphatic heterocycles.